The molecule has 0 heterocycles. The van der Waals surface area contributed by atoms with E-state index in [1.807, 2.05) is 0 Å². The van der Waals surface area contributed by atoms with Crippen LogP contribution in [-0.4, -0.2) is 13.5 Å². The van der Waals surface area contributed by atoms with Gasteiger partial charge in [0.05, 0.1) is 4.90 Å². The number of para-hydroxylation sites is 1. The number of benzene rings is 2. The highest BCUT2D eigenvalue weighted by atomic mass is 32.2. The Kier molecular flexibility index (Phi) is 4.56. The summed E-state index contributed by atoms with van der Waals surface area (Å²) in [4.78, 5) is 0.0374. The third kappa shape index (κ3) is 4.01. The number of rotatable bonds is 5. The first-order chi connectivity index (χ1) is 9.88. The molecule has 7 heteroatoms. The summed E-state index contributed by atoms with van der Waals surface area (Å²) in [6.07, 6.45) is 0. The number of phenolic OH excluding ortho intramolecular Hbond substituents is 1. The van der Waals surface area contributed by atoms with Gasteiger partial charge in [-0.3, -0.25) is 0 Å². The maximum atomic E-state index is 13.2. The zero-order valence-corrected chi connectivity index (χ0v) is 11.9. The number of nitrogens with two attached hydrogens (primary N) is 1. The predicted octanol–water partition coefficient (Wildman–Crippen LogP) is 1.47. The molecule has 0 saturated heterocycles. The van der Waals surface area contributed by atoms with Gasteiger partial charge in [-0.1, -0.05) is 24.3 Å². The van der Waals surface area contributed by atoms with Gasteiger partial charge in [0.1, 0.15) is 0 Å². The summed E-state index contributed by atoms with van der Waals surface area (Å²) in [6.45, 7) is 0.614. The first-order valence-corrected chi connectivity index (χ1v) is 7.71. The highest BCUT2D eigenvalue weighted by molar-refractivity contribution is 7.89. The van der Waals surface area contributed by atoms with Crippen LogP contribution >= 0.6 is 0 Å². The number of primary sulfonamides is 1. The molecule has 0 aromatic heterocycles. The van der Waals surface area contributed by atoms with Crippen LogP contribution in [0.4, 0.5) is 4.39 Å². The van der Waals surface area contributed by atoms with Crippen molar-refractivity contribution in [1.82, 2.24) is 5.32 Å². The lowest BCUT2D eigenvalue weighted by Crippen LogP contribution is -2.15. The van der Waals surface area contributed by atoms with Crippen LogP contribution in [0.2, 0.25) is 0 Å². The minimum Gasteiger partial charge on any atom is -0.505 e. The molecule has 112 valence electrons. The highest BCUT2D eigenvalue weighted by Gasteiger charge is 2.08. The van der Waals surface area contributed by atoms with Crippen LogP contribution in [0, 0.1) is 5.82 Å². The van der Waals surface area contributed by atoms with E-state index < -0.39 is 15.8 Å². The molecule has 0 spiro atoms. The van der Waals surface area contributed by atoms with Crippen molar-refractivity contribution < 1.29 is 17.9 Å². The summed E-state index contributed by atoms with van der Waals surface area (Å²) in [5.41, 5.74) is 1.15. The molecular formula is C14H15FN2O3S. The normalized spacial score (nSPS) is 11.5. The molecule has 2 aromatic carbocycles. The van der Waals surface area contributed by atoms with Crippen LogP contribution in [0.1, 0.15) is 11.1 Å². The summed E-state index contributed by atoms with van der Waals surface area (Å²) >= 11 is 0. The third-order valence-electron chi connectivity index (χ3n) is 2.94. The Labute approximate surface area is 122 Å². The molecular weight excluding hydrogens is 295 g/mol. The van der Waals surface area contributed by atoms with Gasteiger partial charge in [-0.2, -0.15) is 0 Å². The molecule has 2 rings (SSSR count). The summed E-state index contributed by atoms with van der Waals surface area (Å²) < 4.78 is 35.6. The van der Waals surface area contributed by atoms with E-state index >= 15 is 0 Å². The number of hydrogen-bond acceptors (Lipinski definition) is 4. The molecule has 21 heavy (non-hydrogen) atoms. The van der Waals surface area contributed by atoms with Gasteiger partial charge in [0.2, 0.25) is 10.0 Å². The summed E-state index contributed by atoms with van der Waals surface area (Å²) in [5, 5.41) is 17.6. The van der Waals surface area contributed by atoms with E-state index in [9.17, 15) is 17.9 Å². The lowest BCUT2D eigenvalue weighted by Gasteiger charge is -2.08. The largest absolute Gasteiger partial charge is 0.505 e. The van der Waals surface area contributed by atoms with Crippen LogP contribution in [0.3, 0.4) is 0 Å². The van der Waals surface area contributed by atoms with Gasteiger partial charge in [-0.05, 0) is 23.8 Å². The van der Waals surface area contributed by atoms with Crippen molar-refractivity contribution >= 4 is 10.0 Å². The fourth-order valence-electron chi connectivity index (χ4n) is 1.88. The van der Waals surface area contributed by atoms with E-state index in [0.29, 0.717) is 12.1 Å². The van der Waals surface area contributed by atoms with Crippen molar-refractivity contribution in [2.75, 3.05) is 0 Å². The first-order valence-electron chi connectivity index (χ1n) is 6.17. The first kappa shape index (κ1) is 15.4. The highest BCUT2D eigenvalue weighted by Crippen LogP contribution is 2.20. The van der Waals surface area contributed by atoms with Gasteiger partial charge in [0.15, 0.2) is 11.6 Å². The van der Waals surface area contributed by atoms with Crippen molar-refractivity contribution in [1.29, 1.82) is 0 Å². The van der Waals surface area contributed by atoms with Gasteiger partial charge in [-0.25, -0.2) is 17.9 Å². The fraction of sp³-hybridized carbons (Fsp3) is 0.143. The standard InChI is InChI=1S/C14H15FN2O3S/c15-13-6-2-4-11(14(13)18)9-17-8-10-3-1-5-12(7-10)21(16,19)20/h1-7,17-18H,8-9H2,(H2,16,19,20). The van der Waals surface area contributed by atoms with Gasteiger partial charge >= 0.3 is 0 Å². The molecule has 0 amide bonds. The van der Waals surface area contributed by atoms with E-state index in [1.54, 1.807) is 18.2 Å². The zero-order chi connectivity index (χ0) is 15.5. The van der Waals surface area contributed by atoms with E-state index in [1.165, 1.54) is 24.3 Å². The molecule has 0 fully saturated rings. The Morgan fingerprint density at radius 1 is 1.14 bits per heavy atom. The maximum Gasteiger partial charge on any atom is 0.238 e. The molecule has 0 aliphatic rings. The quantitative estimate of drug-likeness (QED) is 0.779. The number of halogens is 1. The van der Waals surface area contributed by atoms with Crippen LogP contribution in [0.15, 0.2) is 47.4 Å². The second-order valence-corrected chi connectivity index (χ2v) is 6.10. The Balaban J connectivity index is 2.03. The number of phenols is 1. The minimum absolute atomic E-state index is 0.0374. The molecule has 2 aromatic rings. The fourth-order valence-corrected chi connectivity index (χ4v) is 2.46. The van der Waals surface area contributed by atoms with Crippen LogP contribution in [0.25, 0.3) is 0 Å². The summed E-state index contributed by atoms with van der Waals surface area (Å²) in [5.74, 6) is -1.06. The number of aromatic hydroxyl groups is 1. The van der Waals surface area contributed by atoms with Crippen LogP contribution < -0.4 is 10.5 Å². The minimum atomic E-state index is -3.73. The van der Waals surface area contributed by atoms with Crippen molar-refractivity contribution in [2.24, 2.45) is 5.14 Å². The number of hydrogen-bond donors (Lipinski definition) is 3. The van der Waals surface area contributed by atoms with E-state index in [-0.39, 0.29) is 17.2 Å². The monoisotopic (exact) mass is 310 g/mol. The molecule has 5 nitrogen and oxygen atoms in total. The average Bonchev–Trinajstić information content (AvgIpc) is 2.43. The van der Waals surface area contributed by atoms with E-state index in [4.69, 9.17) is 5.14 Å². The van der Waals surface area contributed by atoms with Crippen molar-refractivity contribution in [2.45, 2.75) is 18.0 Å². The molecule has 0 bridgehead atoms. The topological polar surface area (TPSA) is 92.4 Å². The SMILES string of the molecule is NS(=O)(=O)c1cccc(CNCc2cccc(F)c2O)c1. The van der Waals surface area contributed by atoms with Gasteiger partial charge in [0, 0.05) is 18.7 Å². The Morgan fingerprint density at radius 3 is 2.57 bits per heavy atom. The van der Waals surface area contributed by atoms with Crippen LogP contribution in [0.5, 0.6) is 5.75 Å². The molecule has 4 N–H and O–H groups in total. The van der Waals surface area contributed by atoms with Gasteiger partial charge in [-0.15, -0.1) is 0 Å². The van der Waals surface area contributed by atoms with Gasteiger partial charge in [0.25, 0.3) is 0 Å². The molecule has 0 aliphatic heterocycles. The molecule has 0 aliphatic carbocycles. The van der Waals surface area contributed by atoms with Crippen molar-refractivity contribution in [3.8, 4) is 5.75 Å². The van der Waals surface area contributed by atoms with E-state index in [0.717, 1.165) is 5.56 Å². The van der Waals surface area contributed by atoms with Crippen LogP contribution in [-0.2, 0) is 23.1 Å². The smallest absolute Gasteiger partial charge is 0.238 e. The zero-order valence-electron chi connectivity index (χ0n) is 11.1. The predicted molar refractivity (Wildman–Crippen MR) is 76.4 cm³/mol. The third-order valence-corrected chi connectivity index (χ3v) is 3.85. The second-order valence-electron chi connectivity index (χ2n) is 4.54. The van der Waals surface area contributed by atoms with E-state index in [2.05, 4.69) is 5.32 Å². The van der Waals surface area contributed by atoms with Crippen molar-refractivity contribution in [3.63, 3.8) is 0 Å². The summed E-state index contributed by atoms with van der Waals surface area (Å²) in [6, 6.07) is 10.5. The van der Waals surface area contributed by atoms with Crippen molar-refractivity contribution in [3.05, 3.63) is 59.4 Å². The Morgan fingerprint density at radius 2 is 1.86 bits per heavy atom. The molecule has 0 atom stereocenters. The molecule has 0 radical (unpaired) electrons. The molecule has 0 unspecified atom stereocenters. The second kappa shape index (κ2) is 6.21. The molecule has 0 saturated carbocycles. The number of sulfonamides is 1. The lowest BCUT2D eigenvalue weighted by atomic mass is 10.2. The Bertz CT molecular complexity index is 748. The summed E-state index contributed by atoms with van der Waals surface area (Å²) in [7, 11) is -3.73. The van der Waals surface area contributed by atoms with Gasteiger partial charge < -0.3 is 10.4 Å². The lowest BCUT2D eigenvalue weighted by molar-refractivity contribution is 0.423. The Hall–Kier alpha value is -1.96. The average molecular weight is 310 g/mol. The number of nitrogens with one attached hydrogen (secondary N) is 1. The maximum absolute atomic E-state index is 13.2.